The van der Waals surface area contributed by atoms with E-state index in [4.69, 9.17) is 16.3 Å². The Morgan fingerprint density at radius 1 is 1.53 bits per heavy atom. The number of carbonyl (C=O) groups is 2. The largest absolute Gasteiger partial charge is 0.447 e. The molecule has 1 aromatic heterocycles. The van der Waals surface area contributed by atoms with E-state index in [0.717, 1.165) is 0 Å². The van der Waals surface area contributed by atoms with Crippen LogP contribution in [0.15, 0.2) is 0 Å². The van der Waals surface area contributed by atoms with Crippen molar-refractivity contribution in [3.8, 4) is 0 Å². The number of carbonyl (C=O) groups excluding carboxylic acids is 2. The summed E-state index contributed by atoms with van der Waals surface area (Å²) in [4.78, 5) is 27.0. The normalized spacial score (nSPS) is 22.4. The van der Waals surface area contributed by atoms with Gasteiger partial charge in [0.05, 0.1) is 16.8 Å². The zero-order valence-electron chi connectivity index (χ0n) is 10.4. The molecule has 2 fully saturated rings. The van der Waals surface area contributed by atoms with Crippen LogP contribution < -0.4 is 0 Å². The van der Waals surface area contributed by atoms with E-state index in [-0.39, 0.29) is 23.7 Å². The Bertz CT molecular complexity index is 544. The molecule has 19 heavy (non-hydrogen) atoms. The molecule has 3 heterocycles. The number of amides is 2. The molecule has 3 rings (SSSR count). The van der Waals surface area contributed by atoms with Gasteiger partial charge < -0.3 is 9.64 Å². The number of rotatable bonds is 1. The molecule has 1 unspecified atom stereocenters. The standard InChI is InChI=1S/C11H13ClN4O3/c1-6-8(12)9(14-13-6)10(17)15-2-3-16-7(4-15)5-19-11(16)18/h7H,2-5H2,1H3,(H,13,14). The van der Waals surface area contributed by atoms with Gasteiger partial charge in [0.15, 0.2) is 5.69 Å². The number of aromatic amines is 1. The Kier molecular flexibility index (Phi) is 2.85. The average molecular weight is 285 g/mol. The first-order valence-electron chi connectivity index (χ1n) is 6.01. The summed E-state index contributed by atoms with van der Waals surface area (Å²) in [5.74, 6) is -0.214. The van der Waals surface area contributed by atoms with Gasteiger partial charge in [0.2, 0.25) is 0 Å². The lowest BCUT2D eigenvalue weighted by Gasteiger charge is -2.34. The van der Waals surface area contributed by atoms with Crippen LogP contribution in [0.4, 0.5) is 4.79 Å². The Hall–Kier alpha value is -1.76. The third kappa shape index (κ3) is 1.94. The van der Waals surface area contributed by atoms with Crippen molar-refractivity contribution in [2.75, 3.05) is 26.2 Å². The van der Waals surface area contributed by atoms with Crippen molar-refractivity contribution in [1.82, 2.24) is 20.0 Å². The van der Waals surface area contributed by atoms with Gasteiger partial charge in [0.1, 0.15) is 6.61 Å². The molecule has 1 N–H and O–H groups in total. The van der Waals surface area contributed by atoms with Gasteiger partial charge >= 0.3 is 6.09 Å². The third-order valence-electron chi connectivity index (χ3n) is 3.48. The maximum absolute atomic E-state index is 12.3. The molecular formula is C11H13ClN4O3. The summed E-state index contributed by atoms with van der Waals surface area (Å²) in [7, 11) is 0. The van der Waals surface area contributed by atoms with E-state index >= 15 is 0 Å². The molecule has 2 amide bonds. The van der Waals surface area contributed by atoms with Crippen molar-refractivity contribution in [3.63, 3.8) is 0 Å². The Morgan fingerprint density at radius 2 is 2.32 bits per heavy atom. The summed E-state index contributed by atoms with van der Waals surface area (Å²) in [5, 5.41) is 6.98. The van der Waals surface area contributed by atoms with Crippen molar-refractivity contribution < 1.29 is 14.3 Å². The molecule has 1 aromatic rings. The van der Waals surface area contributed by atoms with E-state index in [0.29, 0.717) is 37.0 Å². The number of nitrogens with one attached hydrogen (secondary N) is 1. The van der Waals surface area contributed by atoms with E-state index in [1.165, 1.54) is 0 Å². The Balaban J connectivity index is 1.75. The molecule has 7 nitrogen and oxygen atoms in total. The zero-order chi connectivity index (χ0) is 13.6. The molecule has 0 spiro atoms. The molecule has 0 saturated carbocycles. The number of aryl methyl sites for hydroxylation is 1. The highest BCUT2D eigenvalue weighted by Gasteiger charge is 2.39. The SMILES string of the molecule is Cc1[nH]nc(C(=O)N2CCN3C(=O)OCC3C2)c1Cl. The van der Waals surface area contributed by atoms with E-state index in [1.807, 2.05) is 0 Å². The molecular weight excluding hydrogens is 272 g/mol. The number of aromatic nitrogens is 2. The van der Waals surface area contributed by atoms with Gasteiger partial charge in [-0.25, -0.2) is 4.79 Å². The van der Waals surface area contributed by atoms with Crippen molar-refractivity contribution in [2.24, 2.45) is 0 Å². The number of H-pyrrole nitrogens is 1. The van der Waals surface area contributed by atoms with Gasteiger partial charge in [0.25, 0.3) is 5.91 Å². The second kappa shape index (κ2) is 4.41. The predicted octanol–water partition coefficient (Wildman–Crippen LogP) is 0.648. The highest BCUT2D eigenvalue weighted by atomic mass is 35.5. The van der Waals surface area contributed by atoms with Crippen LogP contribution >= 0.6 is 11.6 Å². The number of ether oxygens (including phenoxy) is 1. The molecule has 2 aliphatic heterocycles. The van der Waals surface area contributed by atoms with Gasteiger partial charge in [-0.3, -0.25) is 14.8 Å². The lowest BCUT2D eigenvalue weighted by molar-refractivity contribution is 0.0611. The zero-order valence-corrected chi connectivity index (χ0v) is 11.1. The summed E-state index contributed by atoms with van der Waals surface area (Å²) in [6, 6.07) is -0.0657. The maximum Gasteiger partial charge on any atom is 0.410 e. The highest BCUT2D eigenvalue weighted by Crippen LogP contribution is 2.22. The van der Waals surface area contributed by atoms with Gasteiger partial charge in [-0.05, 0) is 6.92 Å². The first-order chi connectivity index (χ1) is 9.08. The monoisotopic (exact) mass is 284 g/mol. The predicted molar refractivity (Wildman–Crippen MR) is 66.1 cm³/mol. The summed E-state index contributed by atoms with van der Waals surface area (Å²) < 4.78 is 4.96. The van der Waals surface area contributed by atoms with E-state index in [9.17, 15) is 9.59 Å². The molecule has 8 heteroatoms. The van der Waals surface area contributed by atoms with Crippen LogP contribution in [-0.2, 0) is 4.74 Å². The number of piperazine rings is 1. The molecule has 0 bridgehead atoms. The summed E-state index contributed by atoms with van der Waals surface area (Å²) in [5.41, 5.74) is 0.904. The van der Waals surface area contributed by atoms with E-state index < -0.39 is 0 Å². The number of halogens is 1. The van der Waals surface area contributed by atoms with Crippen molar-refractivity contribution >= 4 is 23.6 Å². The first kappa shape index (κ1) is 12.3. The molecule has 0 aromatic carbocycles. The first-order valence-corrected chi connectivity index (χ1v) is 6.39. The smallest absolute Gasteiger partial charge is 0.410 e. The number of hydrogen-bond donors (Lipinski definition) is 1. The fraction of sp³-hybridized carbons (Fsp3) is 0.545. The van der Waals surface area contributed by atoms with Crippen LogP contribution in [0.25, 0.3) is 0 Å². The lowest BCUT2D eigenvalue weighted by atomic mass is 10.2. The number of fused-ring (bicyclic) bond motifs is 1. The molecule has 102 valence electrons. The fourth-order valence-corrected chi connectivity index (χ4v) is 2.55. The fourth-order valence-electron chi connectivity index (χ4n) is 2.38. The Morgan fingerprint density at radius 3 is 3.00 bits per heavy atom. The summed E-state index contributed by atoms with van der Waals surface area (Å²) in [6.07, 6.45) is -0.300. The molecule has 0 radical (unpaired) electrons. The van der Waals surface area contributed by atoms with E-state index in [2.05, 4.69) is 10.2 Å². The number of cyclic esters (lactones) is 1. The number of hydrogen-bond acceptors (Lipinski definition) is 4. The van der Waals surface area contributed by atoms with Crippen molar-refractivity contribution in [2.45, 2.75) is 13.0 Å². The van der Waals surface area contributed by atoms with Crippen LogP contribution in [0.1, 0.15) is 16.2 Å². The quantitative estimate of drug-likeness (QED) is 0.821. The molecule has 1 atom stereocenters. The van der Waals surface area contributed by atoms with E-state index in [1.54, 1.807) is 16.7 Å². The lowest BCUT2D eigenvalue weighted by Crippen LogP contribution is -2.53. The van der Waals surface area contributed by atoms with Gasteiger partial charge in [-0.2, -0.15) is 5.10 Å². The third-order valence-corrected chi connectivity index (χ3v) is 3.94. The summed E-state index contributed by atoms with van der Waals surface area (Å²) >= 11 is 6.03. The van der Waals surface area contributed by atoms with Crippen LogP contribution in [0.3, 0.4) is 0 Å². The average Bonchev–Trinajstić information content (AvgIpc) is 2.94. The minimum atomic E-state index is -0.300. The van der Waals surface area contributed by atoms with Crippen LogP contribution in [0, 0.1) is 6.92 Å². The van der Waals surface area contributed by atoms with Crippen molar-refractivity contribution in [1.29, 1.82) is 0 Å². The van der Waals surface area contributed by atoms with Crippen molar-refractivity contribution in [3.05, 3.63) is 16.4 Å². The van der Waals surface area contributed by atoms with Gasteiger partial charge in [-0.15, -0.1) is 0 Å². The second-order valence-electron chi connectivity index (χ2n) is 4.69. The Labute approximate surface area is 114 Å². The van der Waals surface area contributed by atoms with Crippen LogP contribution in [0.2, 0.25) is 5.02 Å². The van der Waals surface area contributed by atoms with Gasteiger partial charge in [-0.1, -0.05) is 11.6 Å². The highest BCUT2D eigenvalue weighted by molar-refractivity contribution is 6.34. The molecule has 2 saturated heterocycles. The topological polar surface area (TPSA) is 78.5 Å². The minimum absolute atomic E-state index is 0.0657. The van der Waals surface area contributed by atoms with Crippen LogP contribution in [-0.4, -0.2) is 64.3 Å². The maximum atomic E-state index is 12.3. The number of nitrogens with zero attached hydrogens (tertiary/aromatic N) is 3. The summed E-state index contributed by atoms with van der Waals surface area (Å²) in [6.45, 7) is 3.49. The van der Waals surface area contributed by atoms with Gasteiger partial charge in [0, 0.05) is 19.6 Å². The molecule has 0 aliphatic carbocycles. The van der Waals surface area contributed by atoms with Crippen LogP contribution in [0.5, 0.6) is 0 Å². The molecule has 2 aliphatic rings. The minimum Gasteiger partial charge on any atom is -0.447 e. The second-order valence-corrected chi connectivity index (χ2v) is 5.06.